The van der Waals surface area contributed by atoms with E-state index in [1.165, 1.54) is 6.92 Å². The van der Waals surface area contributed by atoms with Gasteiger partial charge in [-0.3, -0.25) is 14.9 Å². The Balaban J connectivity index is 2.17. The molecular weight excluding hydrogens is 240 g/mol. The standard InChI is InChI=1S/C12H11ClN2O2/c1-9(16)17-10-4-5-12(11(13)8-10)14-15-6-2-3-7-15/h2-8,14H,1H3. The molecule has 0 saturated carbocycles. The predicted molar refractivity (Wildman–Crippen MR) is 66.2 cm³/mol. The second-order valence-corrected chi connectivity index (χ2v) is 3.84. The van der Waals surface area contributed by atoms with Gasteiger partial charge in [-0.2, -0.15) is 0 Å². The van der Waals surface area contributed by atoms with E-state index < -0.39 is 0 Å². The van der Waals surface area contributed by atoms with Crippen LogP contribution in [0.4, 0.5) is 5.69 Å². The first-order valence-corrected chi connectivity index (χ1v) is 5.41. The van der Waals surface area contributed by atoms with Gasteiger partial charge in [0.25, 0.3) is 0 Å². The van der Waals surface area contributed by atoms with Gasteiger partial charge in [0.15, 0.2) is 0 Å². The number of aromatic nitrogens is 1. The fourth-order valence-electron chi connectivity index (χ4n) is 1.36. The molecule has 0 bridgehead atoms. The molecule has 1 N–H and O–H groups in total. The highest BCUT2D eigenvalue weighted by atomic mass is 35.5. The molecule has 0 amide bonds. The summed E-state index contributed by atoms with van der Waals surface area (Å²) < 4.78 is 6.70. The molecule has 2 aromatic rings. The minimum atomic E-state index is -0.368. The summed E-state index contributed by atoms with van der Waals surface area (Å²) in [5.74, 6) is 0.0627. The van der Waals surface area contributed by atoms with Crippen molar-refractivity contribution >= 4 is 23.3 Å². The van der Waals surface area contributed by atoms with Crippen molar-refractivity contribution in [1.82, 2.24) is 4.68 Å². The Kier molecular flexibility index (Phi) is 3.35. The van der Waals surface area contributed by atoms with Crippen molar-refractivity contribution in [3.8, 4) is 5.75 Å². The predicted octanol–water partition coefficient (Wildman–Crippen LogP) is 2.94. The maximum absolute atomic E-state index is 10.8. The highest BCUT2D eigenvalue weighted by Crippen LogP contribution is 2.26. The Morgan fingerprint density at radius 1 is 1.35 bits per heavy atom. The lowest BCUT2D eigenvalue weighted by molar-refractivity contribution is -0.131. The van der Waals surface area contributed by atoms with E-state index in [2.05, 4.69) is 5.43 Å². The molecule has 2 rings (SSSR count). The smallest absolute Gasteiger partial charge is 0.308 e. The lowest BCUT2D eigenvalue weighted by Gasteiger charge is -2.10. The third kappa shape index (κ3) is 3.01. The van der Waals surface area contributed by atoms with Crippen LogP contribution in [0, 0.1) is 0 Å². The molecule has 0 aliphatic carbocycles. The molecule has 1 heterocycles. The third-order valence-corrected chi connectivity index (χ3v) is 2.37. The number of rotatable bonds is 3. The van der Waals surface area contributed by atoms with E-state index in [1.54, 1.807) is 22.9 Å². The Labute approximate surface area is 104 Å². The van der Waals surface area contributed by atoms with E-state index in [-0.39, 0.29) is 5.97 Å². The van der Waals surface area contributed by atoms with Gasteiger partial charge in [-0.05, 0) is 24.3 Å². The molecule has 88 valence electrons. The fraction of sp³-hybridized carbons (Fsp3) is 0.0833. The Hall–Kier alpha value is -1.94. The van der Waals surface area contributed by atoms with Crippen molar-refractivity contribution in [2.45, 2.75) is 6.92 Å². The van der Waals surface area contributed by atoms with Crippen molar-refractivity contribution < 1.29 is 9.53 Å². The minimum absolute atomic E-state index is 0.368. The average molecular weight is 251 g/mol. The van der Waals surface area contributed by atoms with Gasteiger partial charge in [0.1, 0.15) is 5.75 Å². The summed E-state index contributed by atoms with van der Waals surface area (Å²) in [7, 11) is 0. The quantitative estimate of drug-likeness (QED) is 0.673. The Morgan fingerprint density at radius 2 is 2.06 bits per heavy atom. The molecule has 0 aliphatic heterocycles. The SMILES string of the molecule is CC(=O)Oc1ccc(Nn2cccc2)c(Cl)c1. The average Bonchev–Trinajstić information content (AvgIpc) is 2.74. The number of carbonyl (C=O) groups is 1. The van der Waals surface area contributed by atoms with Gasteiger partial charge in [0.05, 0.1) is 10.7 Å². The molecule has 0 atom stereocenters. The first-order valence-electron chi connectivity index (χ1n) is 5.03. The van der Waals surface area contributed by atoms with Crippen molar-refractivity contribution in [3.05, 3.63) is 47.7 Å². The van der Waals surface area contributed by atoms with E-state index in [0.29, 0.717) is 10.8 Å². The zero-order valence-corrected chi connectivity index (χ0v) is 9.94. The maximum atomic E-state index is 10.8. The summed E-state index contributed by atoms with van der Waals surface area (Å²) in [5, 5.41) is 0.484. The molecule has 17 heavy (non-hydrogen) atoms. The van der Waals surface area contributed by atoms with E-state index >= 15 is 0 Å². The van der Waals surface area contributed by atoms with Crippen LogP contribution < -0.4 is 10.2 Å². The van der Waals surface area contributed by atoms with Crippen LogP contribution in [0.25, 0.3) is 0 Å². The van der Waals surface area contributed by atoms with E-state index in [4.69, 9.17) is 16.3 Å². The topological polar surface area (TPSA) is 43.3 Å². The van der Waals surface area contributed by atoms with Crippen LogP contribution in [0.2, 0.25) is 5.02 Å². The second-order valence-electron chi connectivity index (χ2n) is 3.44. The number of hydrogen-bond acceptors (Lipinski definition) is 3. The second kappa shape index (κ2) is 4.93. The lowest BCUT2D eigenvalue weighted by atomic mass is 10.3. The van der Waals surface area contributed by atoms with Crippen LogP contribution in [0.5, 0.6) is 5.75 Å². The Bertz CT molecular complexity index is 523. The summed E-state index contributed by atoms with van der Waals surface area (Å²) >= 11 is 6.06. The number of hydrogen-bond donors (Lipinski definition) is 1. The van der Waals surface area contributed by atoms with Crippen molar-refractivity contribution in [2.24, 2.45) is 0 Å². The van der Waals surface area contributed by atoms with Crippen LogP contribution in [-0.2, 0) is 4.79 Å². The number of halogens is 1. The lowest BCUT2D eigenvalue weighted by Crippen LogP contribution is -2.06. The van der Waals surface area contributed by atoms with Gasteiger partial charge in [-0.1, -0.05) is 11.6 Å². The van der Waals surface area contributed by atoms with Crippen molar-refractivity contribution in [3.63, 3.8) is 0 Å². The third-order valence-electron chi connectivity index (χ3n) is 2.06. The molecule has 0 spiro atoms. The van der Waals surface area contributed by atoms with Gasteiger partial charge in [-0.15, -0.1) is 0 Å². The van der Waals surface area contributed by atoms with Gasteiger partial charge in [0, 0.05) is 25.4 Å². The van der Waals surface area contributed by atoms with Gasteiger partial charge >= 0.3 is 5.97 Å². The maximum Gasteiger partial charge on any atom is 0.308 e. The molecule has 1 aromatic heterocycles. The zero-order chi connectivity index (χ0) is 12.3. The number of ether oxygens (including phenoxy) is 1. The molecular formula is C12H11ClN2O2. The zero-order valence-electron chi connectivity index (χ0n) is 9.18. The number of anilines is 1. The fourth-order valence-corrected chi connectivity index (χ4v) is 1.58. The van der Waals surface area contributed by atoms with E-state index in [9.17, 15) is 4.79 Å². The molecule has 0 fully saturated rings. The number of nitrogens with zero attached hydrogens (tertiary/aromatic N) is 1. The molecule has 0 radical (unpaired) electrons. The van der Waals surface area contributed by atoms with Gasteiger partial charge < -0.3 is 4.74 Å². The highest BCUT2D eigenvalue weighted by molar-refractivity contribution is 6.33. The molecule has 5 heteroatoms. The minimum Gasteiger partial charge on any atom is -0.427 e. The first-order chi connectivity index (χ1) is 8.15. The highest BCUT2D eigenvalue weighted by Gasteiger charge is 2.04. The molecule has 0 aliphatic rings. The van der Waals surface area contributed by atoms with Gasteiger partial charge in [0.2, 0.25) is 0 Å². The van der Waals surface area contributed by atoms with Crippen LogP contribution in [0.15, 0.2) is 42.7 Å². The summed E-state index contributed by atoms with van der Waals surface area (Å²) in [4.78, 5) is 10.8. The molecule has 0 unspecified atom stereocenters. The molecule has 0 saturated heterocycles. The van der Waals surface area contributed by atoms with E-state index in [1.807, 2.05) is 24.5 Å². The van der Waals surface area contributed by atoms with Crippen LogP contribution in [-0.4, -0.2) is 10.6 Å². The summed E-state index contributed by atoms with van der Waals surface area (Å²) in [6, 6.07) is 8.82. The van der Waals surface area contributed by atoms with Crippen molar-refractivity contribution in [1.29, 1.82) is 0 Å². The summed E-state index contributed by atoms with van der Waals surface area (Å²) in [6.45, 7) is 1.35. The number of esters is 1. The van der Waals surface area contributed by atoms with E-state index in [0.717, 1.165) is 5.69 Å². The van der Waals surface area contributed by atoms with Crippen molar-refractivity contribution in [2.75, 3.05) is 5.43 Å². The van der Waals surface area contributed by atoms with Crippen LogP contribution >= 0.6 is 11.6 Å². The Morgan fingerprint density at radius 3 is 2.65 bits per heavy atom. The van der Waals surface area contributed by atoms with Crippen LogP contribution in [0.3, 0.4) is 0 Å². The first kappa shape index (κ1) is 11.5. The summed E-state index contributed by atoms with van der Waals surface area (Å²) in [6.07, 6.45) is 3.71. The van der Waals surface area contributed by atoms with Gasteiger partial charge in [-0.25, -0.2) is 0 Å². The summed E-state index contributed by atoms with van der Waals surface area (Å²) in [5.41, 5.74) is 3.81. The normalized spacial score (nSPS) is 10.0. The number of nitrogens with one attached hydrogen (secondary N) is 1. The monoisotopic (exact) mass is 250 g/mol. The molecule has 1 aromatic carbocycles. The molecule has 4 nitrogen and oxygen atoms in total. The number of benzene rings is 1. The number of carbonyl (C=O) groups excluding carboxylic acids is 1. The van der Waals surface area contributed by atoms with Crippen LogP contribution in [0.1, 0.15) is 6.92 Å². The largest absolute Gasteiger partial charge is 0.427 e.